The van der Waals surface area contributed by atoms with Gasteiger partial charge in [0.1, 0.15) is 0 Å². The fraction of sp³-hybridized carbons (Fsp3) is 0.167. The number of rotatable bonds is 8. The van der Waals surface area contributed by atoms with Crippen LogP contribution in [0, 0.1) is 13.8 Å². The largest absolute Gasteiger partial charge is 0.398 e. The van der Waals surface area contributed by atoms with Crippen LogP contribution in [0.1, 0.15) is 30.5 Å². The summed E-state index contributed by atoms with van der Waals surface area (Å²) in [4.78, 5) is 29.2. The summed E-state index contributed by atoms with van der Waals surface area (Å²) < 4.78 is 1.03. The highest BCUT2D eigenvalue weighted by Crippen LogP contribution is 2.42. The van der Waals surface area contributed by atoms with Crippen molar-refractivity contribution in [1.82, 2.24) is 0 Å². The number of para-hydroxylation sites is 2. The van der Waals surface area contributed by atoms with Gasteiger partial charge < -0.3 is 11.5 Å². The molecule has 0 atom stereocenters. The summed E-state index contributed by atoms with van der Waals surface area (Å²) >= 11 is 5.89. The van der Waals surface area contributed by atoms with Crippen molar-refractivity contribution in [2.24, 2.45) is 0 Å². The summed E-state index contributed by atoms with van der Waals surface area (Å²) in [6, 6.07) is 15.1. The second-order valence-corrected chi connectivity index (χ2v) is 11.6. The van der Waals surface area contributed by atoms with E-state index in [1.54, 1.807) is 0 Å². The maximum absolute atomic E-state index is 12.9. The van der Waals surface area contributed by atoms with Gasteiger partial charge in [0.15, 0.2) is 11.6 Å². The van der Waals surface area contributed by atoms with E-state index in [2.05, 4.69) is 0 Å². The highest BCUT2D eigenvalue weighted by Gasteiger charge is 2.23. The number of aryl methyl sites for hydroxylation is 2. The maximum Gasteiger partial charge on any atom is 0.183 e. The highest BCUT2D eigenvalue weighted by atomic mass is 32.2. The van der Waals surface area contributed by atoms with Crippen molar-refractivity contribution in [1.29, 1.82) is 0 Å². The molecule has 0 aliphatic rings. The summed E-state index contributed by atoms with van der Waals surface area (Å²) in [5.41, 5.74) is 15.3. The van der Waals surface area contributed by atoms with Gasteiger partial charge in [0.2, 0.25) is 0 Å². The van der Waals surface area contributed by atoms with Gasteiger partial charge in [-0.1, -0.05) is 24.3 Å². The predicted octanol–water partition coefficient (Wildman–Crippen LogP) is 6.69. The third-order valence-electron chi connectivity index (χ3n) is 5.09. The van der Waals surface area contributed by atoms with Crippen molar-refractivity contribution < 1.29 is 9.59 Å². The number of Topliss-reactive ketones (excluding diaryl/α,β-unsaturated/α-hetero) is 2. The Labute approximate surface area is 203 Å². The second-order valence-electron chi connectivity index (χ2n) is 7.27. The fourth-order valence-corrected chi connectivity index (χ4v) is 8.05. The zero-order valence-corrected chi connectivity index (χ0v) is 20.9. The van der Waals surface area contributed by atoms with E-state index in [0.717, 1.165) is 40.1 Å². The molecule has 32 heavy (non-hydrogen) atoms. The smallest absolute Gasteiger partial charge is 0.183 e. The molecular formula is C24H22N2O2S4. The number of carbonyl (C=O) groups is 2. The van der Waals surface area contributed by atoms with Gasteiger partial charge in [-0.2, -0.15) is 0 Å². The number of nitrogen functional groups attached to an aromatic ring is 2. The van der Waals surface area contributed by atoms with Gasteiger partial charge in [-0.15, -0.1) is 46.2 Å². The van der Waals surface area contributed by atoms with Crippen LogP contribution in [0.5, 0.6) is 0 Å². The lowest BCUT2D eigenvalue weighted by Gasteiger charge is -2.05. The molecule has 0 saturated heterocycles. The number of carbonyl (C=O) groups excluding carboxylic acids is 2. The number of ketones is 2. The maximum atomic E-state index is 12.9. The first-order valence-electron chi connectivity index (χ1n) is 9.90. The lowest BCUT2D eigenvalue weighted by molar-refractivity contribution is 0.101. The average molecular weight is 499 g/mol. The van der Waals surface area contributed by atoms with Gasteiger partial charge in [0.05, 0.1) is 25.3 Å². The quantitative estimate of drug-likeness (QED) is 0.160. The van der Waals surface area contributed by atoms with E-state index in [4.69, 9.17) is 11.5 Å². The van der Waals surface area contributed by atoms with E-state index < -0.39 is 0 Å². The number of anilines is 2. The fourth-order valence-electron chi connectivity index (χ4n) is 3.45. The third kappa shape index (κ3) is 4.59. The Kier molecular flexibility index (Phi) is 6.95. The molecule has 0 aliphatic heterocycles. The predicted molar refractivity (Wildman–Crippen MR) is 141 cm³/mol. The van der Waals surface area contributed by atoms with Gasteiger partial charge in [-0.3, -0.25) is 9.59 Å². The lowest BCUT2D eigenvalue weighted by Crippen LogP contribution is -2.03. The van der Waals surface area contributed by atoms with E-state index in [-0.39, 0.29) is 11.6 Å². The minimum absolute atomic E-state index is 0.0894. The Morgan fingerprint density at radius 2 is 1.16 bits per heavy atom. The van der Waals surface area contributed by atoms with Crippen molar-refractivity contribution in [3.8, 4) is 0 Å². The number of thiophene rings is 2. The van der Waals surface area contributed by atoms with E-state index in [1.807, 2.05) is 62.4 Å². The molecule has 164 valence electrons. The Bertz CT molecular complexity index is 1230. The molecule has 2 aromatic carbocycles. The molecule has 8 heteroatoms. The standard InChI is InChI=1S/C24H22N2O2S4/c1-13-21-14(2)23(18(28)12-30-20-10-6-4-8-16(20)26)32-24(21)31-22(13)17(27)11-29-19-9-5-3-7-15(19)25/h3-10H,11-12,25-26H2,1-2H3. The molecule has 0 bridgehead atoms. The van der Waals surface area contributed by atoms with Crippen molar-refractivity contribution in [3.05, 3.63) is 69.4 Å². The first-order valence-corrected chi connectivity index (χ1v) is 13.5. The molecule has 4 rings (SSSR count). The molecule has 0 spiro atoms. The van der Waals surface area contributed by atoms with Gasteiger partial charge in [0, 0.05) is 26.6 Å². The first-order chi connectivity index (χ1) is 15.4. The van der Waals surface area contributed by atoms with Gasteiger partial charge in [-0.05, 0) is 49.2 Å². The van der Waals surface area contributed by atoms with Gasteiger partial charge in [-0.25, -0.2) is 0 Å². The van der Waals surface area contributed by atoms with Gasteiger partial charge in [0.25, 0.3) is 0 Å². The normalized spacial score (nSPS) is 11.2. The van der Waals surface area contributed by atoms with E-state index in [1.165, 1.54) is 46.2 Å². The molecule has 2 heterocycles. The van der Waals surface area contributed by atoms with Crippen LogP contribution in [-0.4, -0.2) is 23.1 Å². The van der Waals surface area contributed by atoms with Crippen molar-refractivity contribution in [3.63, 3.8) is 0 Å². The summed E-state index contributed by atoms with van der Waals surface area (Å²) in [5, 5.41) is 1.04. The molecule has 0 radical (unpaired) electrons. The summed E-state index contributed by atoms with van der Waals surface area (Å²) in [7, 11) is 0. The monoisotopic (exact) mass is 498 g/mol. The molecule has 4 nitrogen and oxygen atoms in total. The van der Waals surface area contributed by atoms with Crippen LogP contribution >= 0.6 is 46.2 Å². The number of benzene rings is 2. The van der Waals surface area contributed by atoms with Crippen LogP contribution in [0.2, 0.25) is 0 Å². The number of fused-ring (bicyclic) bond motifs is 1. The Balaban J connectivity index is 1.50. The van der Waals surface area contributed by atoms with Crippen LogP contribution in [0.25, 0.3) is 9.40 Å². The van der Waals surface area contributed by atoms with Crippen LogP contribution in [0.15, 0.2) is 58.3 Å². The number of hydrogen-bond acceptors (Lipinski definition) is 8. The molecule has 0 fully saturated rings. The molecule has 4 aromatic rings. The zero-order chi connectivity index (χ0) is 22.8. The number of hydrogen-bond donors (Lipinski definition) is 2. The summed E-state index contributed by atoms with van der Waals surface area (Å²) in [5.74, 6) is 0.851. The Hall–Kier alpha value is -2.26. The minimum Gasteiger partial charge on any atom is -0.398 e. The number of nitrogens with two attached hydrogens (primary N) is 2. The van der Waals surface area contributed by atoms with Crippen LogP contribution in [0.4, 0.5) is 11.4 Å². The van der Waals surface area contributed by atoms with Crippen LogP contribution in [-0.2, 0) is 0 Å². The molecule has 0 aliphatic carbocycles. The number of thioether (sulfide) groups is 2. The molecular weight excluding hydrogens is 477 g/mol. The second kappa shape index (κ2) is 9.70. The van der Waals surface area contributed by atoms with E-state index in [9.17, 15) is 9.59 Å². The molecule has 2 aromatic heterocycles. The van der Waals surface area contributed by atoms with Crippen molar-refractivity contribution in [2.75, 3.05) is 23.0 Å². The molecule has 0 amide bonds. The SMILES string of the molecule is Cc1c(C(=O)CSc2ccccc2N)sc2sc(C(=O)CSc3ccccc3N)c(C)c12. The van der Waals surface area contributed by atoms with Crippen molar-refractivity contribution >= 4 is 78.5 Å². The third-order valence-corrected chi connectivity index (χ3v) is 10.0. The van der Waals surface area contributed by atoms with E-state index in [0.29, 0.717) is 22.9 Å². The first kappa shape index (κ1) is 22.9. The molecule has 0 saturated carbocycles. The lowest BCUT2D eigenvalue weighted by atomic mass is 10.1. The van der Waals surface area contributed by atoms with Crippen LogP contribution in [0.3, 0.4) is 0 Å². The molecule has 4 N–H and O–H groups in total. The topological polar surface area (TPSA) is 86.2 Å². The molecule has 0 unspecified atom stereocenters. The Morgan fingerprint density at radius 1 is 0.750 bits per heavy atom. The minimum atomic E-state index is 0.0894. The van der Waals surface area contributed by atoms with E-state index >= 15 is 0 Å². The highest BCUT2D eigenvalue weighted by molar-refractivity contribution is 8.00. The van der Waals surface area contributed by atoms with Gasteiger partial charge >= 0.3 is 0 Å². The summed E-state index contributed by atoms with van der Waals surface area (Å²) in [6.45, 7) is 3.95. The Morgan fingerprint density at radius 3 is 1.53 bits per heavy atom. The van der Waals surface area contributed by atoms with Crippen molar-refractivity contribution in [2.45, 2.75) is 23.6 Å². The zero-order valence-electron chi connectivity index (χ0n) is 17.6. The summed E-state index contributed by atoms with van der Waals surface area (Å²) in [6.07, 6.45) is 0. The van der Waals surface area contributed by atoms with Crippen LogP contribution < -0.4 is 11.5 Å². The average Bonchev–Trinajstić information content (AvgIpc) is 3.28.